The van der Waals surface area contributed by atoms with E-state index in [0.717, 1.165) is 36.4 Å². The average Bonchev–Trinajstić information content (AvgIpc) is 3.47. The van der Waals surface area contributed by atoms with Gasteiger partial charge in [0.15, 0.2) is 5.82 Å². The molecular formula is C22H22F3N5O. The Morgan fingerprint density at radius 3 is 2.71 bits per heavy atom. The number of alkyl halides is 3. The third-order valence-corrected chi connectivity index (χ3v) is 5.00. The van der Waals surface area contributed by atoms with Gasteiger partial charge >= 0.3 is 6.18 Å². The molecule has 6 nitrogen and oxygen atoms in total. The lowest BCUT2D eigenvalue weighted by atomic mass is 10.2. The molecule has 1 aliphatic rings. The van der Waals surface area contributed by atoms with Crippen LogP contribution >= 0.6 is 0 Å². The van der Waals surface area contributed by atoms with Crippen LogP contribution in [0.4, 0.5) is 24.7 Å². The van der Waals surface area contributed by atoms with Gasteiger partial charge in [-0.1, -0.05) is 6.07 Å². The van der Waals surface area contributed by atoms with Gasteiger partial charge < -0.3 is 10.6 Å². The number of aromatic nitrogens is 3. The highest BCUT2D eigenvalue weighted by Crippen LogP contribution is 2.31. The van der Waals surface area contributed by atoms with Crippen molar-refractivity contribution in [3.63, 3.8) is 0 Å². The summed E-state index contributed by atoms with van der Waals surface area (Å²) in [6.45, 7) is 2.51. The van der Waals surface area contributed by atoms with Gasteiger partial charge in [-0.3, -0.25) is 9.78 Å². The minimum Gasteiger partial charge on any atom is -0.355 e. The van der Waals surface area contributed by atoms with Crippen molar-refractivity contribution in [2.45, 2.75) is 32.4 Å². The first kappa shape index (κ1) is 20.9. The number of carbonyl (C=O) groups is 1. The minimum absolute atomic E-state index is 0.103. The van der Waals surface area contributed by atoms with Crippen molar-refractivity contribution in [3.05, 3.63) is 65.6 Å². The fraction of sp³-hybridized carbons (Fsp3) is 0.318. The molecule has 162 valence electrons. The van der Waals surface area contributed by atoms with Gasteiger partial charge in [0, 0.05) is 30.2 Å². The summed E-state index contributed by atoms with van der Waals surface area (Å²) in [5, 5.41) is 10.3. The van der Waals surface area contributed by atoms with Crippen molar-refractivity contribution < 1.29 is 18.0 Å². The van der Waals surface area contributed by atoms with Crippen LogP contribution in [0, 0.1) is 12.8 Å². The number of anilines is 2. The van der Waals surface area contributed by atoms with E-state index in [0.29, 0.717) is 24.0 Å². The van der Waals surface area contributed by atoms with Crippen molar-refractivity contribution in [1.82, 2.24) is 20.1 Å². The second-order valence-electron chi connectivity index (χ2n) is 7.72. The third-order valence-electron chi connectivity index (χ3n) is 5.00. The van der Waals surface area contributed by atoms with E-state index >= 15 is 0 Å². The lowest BCUT2D eigenvalue weighted by Gasteiger charge is -2.09. The van der Waals surface area contributed by atoms with E-state index in [-0.39, 0.29) is 18.0 Å². The number of hydrogen-bond donors (Lipinski definition) is 2. The Labute approximate surface area is 177 Å². The second-order valence-corrected chi connectivity index (χ2v) is 7.72. The lowest BCUT2D eigenvalue weighted by Crippen LogP contribution is -2.27. The zero-order chi connectivity index (χ0) is 22.0. The summed E-state index contributed by atoms with van der Waals surface area (Å²) in [7, 11) is 0. The van der Waals surface area contributed by atoms with E-state index in [1.165, 1.54) is 12.1 Å². The lowest BCUT2D eigenvalue weighted by molar-refractivity contribution is -0.137. The van der Waals surface area contributed by atoms with Gasteiger partial charge in [-0.25, -0.2) is 4.68 Å². The molecule has 1 aliphatic carbocycles. The summed E-state index contributed by atoms with van der Waals surface area (Å²) in [5.74, 6) is 0.790. The molecule has 1 amide bonds. The first-order valence-electron chi connectivity index (χ1n) is 10.0. The standard InChI is InChI=1S/C22H22F3N5O/c1-14-9-18(7-8-26-14)30-19(12-21(31)27-13-15-5-6-15)11-20(29-30)28-17-4-2-3-16(10-17)22(23,24)25/h2-4,7-11,15H,5-6,12-13H2,1H3,(H,27,31)(H,28,29). The van der Waals surface area contributed by atoms with Crippen LogP contribution in [-0.2, 0) is 17.4 Å². The molecule has 31 heavy (non-hydrogen) atoms. The van der Waals surface area contributed by atoms with Crippen LogP contribution < -0.4 is 10.6 Å². The van der Waals surface area contributed by atoms with Crippen molar-refractivity contribution >= 4 is 17.4 Å². The summed E-state index contributed by atoms with van der Waals surface area (Å²) in [6, 6.07) is 10.2. The Bertz CT molecular complexity index is 1090. The molecule has 1 fully saturated rings. The van der Waals surface area contributed by atoms with Crippen LogP contribution in [0.2, 0.25) is 0 Å². The largest absolute Gasteiger partial charge is 0.416 e. The molecule has 0 saturated heterocycles. The number of carbonyl (C=O) groups excluding carboxylic acids is 1. The number of amides is 1. The highest BCUT2D eigenvalue weighted by atomic mass is 19.4. The SMILES string of the molecule is Cc1cc(-n2nc(Nc3cccc(C(F)(F)F)c3)cc2CC(=O)NCC2CC2)ccn1. The molecule has 0 atom stereocenters. The van der Waals surface area contributed by atoms with Crippen molar-refractivity contribution in [2.75, 3.05) is 11.9 Å². The summed E-state index contributed by atoms with van der Waals surface area (Å²) in [6.07, 6.45) is -0.413. The van der Waals surface area contributed by atoms with Gasteiger partial charge in [0.2, 0.25) is 5.91 Å². The van der Waals surface area contributed by atoms with Crippen LogP contribution in [0.15, 0.2) is 48.7 Å². The Kier molecular flexibility index (Phi) is 5.67. The summed E-state index contributed by atoms with van der Waals surface area (Å²) in [5.41, 5.74) is 1.63. The van der Waals surface area contributed by atoms with E-state index in [2.05, 4.69) is 20.7 Å². The average molecular weight is 429 g/mol. The number of nitrogens with zero attached hydrogens (tertiary/aromatic N) is 3. The number of hydrogen-bond acceptors (Lipinski definition) is 4. The van der Waals surface area contributed by atoms with Gasteiger partial charge in [0.25, 0.3) is 0 Å². The molecule has 0 spiro atoms. The predicted octanol–water partition coefficient (Wildman–Crippen LogP) is 4.41. The van der Waals surface area contributed by atoms with Crippen molar-refractivity contribution in [2.24, 2.45) is 5.92 Å². The van der Waals surface area contributed by atoms with Crippen LogP contribution in [0.5, 0.6) is 0 Å². The number of rotatable bonds is 7. The predicted molar refractivity (Wildman–Crippen MR) is 110 cm³/mol. The van der Waals surface area contributed by atoms with Gasteiger partial charge in [-0.05, 0) is 56.0 Å². The van der Waals surface area contributed by atoms with Crippen molar-refractivity contribution in [1.29, 1.82) is 0 Å². The number of benzene rings is 1. The molecule has 0 aliphatic heterocycles. The molecule has 0 bridgehead atoms. The number of halogens is 3. The minimum atomic E-state index is -4.43. The van der Waals surface area contributed by atoms with E-state index in [4.69, 9.17) is 0 Å². The van der Waals surface area contributed by atoms with E-state index < -0.39 is 11.7 Å². The molecule has 2 aromatic heterocycles. The molecule has 0 radical (unpaired) electrons. The highest BCUT2D eigenvalue weighted by Gasteiger charge is 2.30. The van der Waals surface area contributed by atoms with Crippen LogP contribution in [-0.4, -0.2) is 27.2 Å². The summed E-state index contributed by atoms with van der Waals surface area (Å²) < 4.78 is 40.7. The van der Waals surface area contributed by atoms with Gasteiger partial charge in [-0.2, -0.15) is 13.2 Å². The molecule has 0 unspecified atom stereocenters. The van der Waals surface area contributed by atoms with E-state index in [9.17, 15) is 18.0 Å². The maximum absolute atomic E-state index is 13.0. The Morgan fingerprint density at radius 1 is 1.19 bits per heavy atom. The zero-order valence-electron chi connectivity index (χ0n) is 16.9. The molecule has 1 aromatic carbocycles. The van der Waals surface area contributed by atoms with E-state index in [1.54, 1.807) is 23.0 Å². The highest BCUT2D eigenvalue weighted by molar-refractivity contribution is 5.78. The normalized spacial score (nSPS) is 13.8. The molecule has 3 aromatic rings. The van der Waals surface area contributed by atoms with Crippen LogP contribution in [0.3, 0.4) is 0 Å². The van der Waals surface area contributed by atoms with Gasteiger partial charge in [0.1, 0.15) is 0 Å². The zero-order valence-corrected chi connectivity index (χ0v) is 16.9. The van der Waals surface area contributed by atoms with Crippen LogP contribution in [0.25, 0.3) is 5.69 Å². The monoisotopic (exact) mass is 429 g/mol. The van der Waals surface area contributed by atoms with Crippen LogP contribution in [0.1, 0.15) is 29.8 Å². The Morgan fingerprint density at radius 2 is 2.00 bits per heavy atom. The first-order valence-corrected chi connectivity index (χ1v) is 10.0. The topological polar surface area (TPSA) is 71.8 Å². The maximum Gasteiger partial charge on any atom is 0.416 e. The van der Waals surface area contributed by atoms with Gasteiger partial charge in [0.05, 0.1) is 23.4 Å². The molecule has 4 rings (SSSR count). The molecular weight excluding hydrogens is 407 g/mol. The Hall–Kier alpha value is -3.36. The third kappa shape index (κ3) is 5.42. The van der Waals surface area contributed by atoms with Crippen molar-refractivity contribution in [3.8, 4) is 5.69 Å². The molecule has 9 heteroatoms. The number of pyridine rings is 1. The van der Waals surface area contributed by atoms with Gasteiger partial charge in [-0.15, -0.1) is 5.10 Å². The fourth-order valence-electron chi connectivity index (χ4n) is 3.22. The number of aryl methyl sites for hydroxylation is 1. The second kappa shape index (κ2) is 8.41. The smallest absolute Gasteiger partial charge is 0.355 e. The molecule has 2 N–H and O–H groups in total. The number of nitrogens with one attached hydrogen (secondary N) is 2. The summed E-state index contributed by atoms with van der Waals surface area (Å²) in [4.78, 5) is 16.6. The molecule has 2 heterocycles. The maximum atomic E-state index is 13.0. The molecule has 1 saturated carbocycles. The fourth-order valence-corrected chi connectivity index (χ4v) is 3.22. The van der Waals surface area contributed by atoms with E-state index in [1.807, 2.05) is 13.0 Å². The quantitative estimate of drug-likeness (QED) is 0.584. The first-order chi connectivity index (χ1) is 14.8. The Balaban J connectivity index is 1.60. The summed E-state index contributed by atoms with van der Waals surface area (Å²) >= 11 is 0.